The van der Waals surface area contributed by atoms with E-state index in [1.54, 1.807) is 6.92 Å². The molecule has 0 spiro atoms. The average Bonchev–Trinajstić information content (AvgIpc) is 3.55. The third kappa shape index (κ3) is 4.85. The number of carbonyl (C=O) groups excluding carboxylic acids is 2. The summed E-state index contributed by atoms with van der Waals surface area (Å²) >= 11 is 0. The first-order valence-corrected chi connectivity index (χ1v) is 11.1. The molecule has 3 N–H and O–H groups in total. The number of ether oxygens (including phenoxy) is 2. The van der Waals surface area contributed by atoms with Crippen molar-refractivity contribution < 1.29 is 29.0 Å². The van der Waals surface area contributed by atoms with Crippen LogP contribution in [0.4, 0.5) is 4.79 Å². The number of alkyl carbamates (subject to hydrolysis) is 1. The lowest BCUT2D eigenvalue weighted by Gasteiger charge is -2.23. The van der Waals surface area contributed by atoms with Gasteiger partial charge in [-0.2, -0.15) is 0 Å². The Bertz CT molecular complexity index is 1010. The lowest BCUT2D eigenvalue weighted by Crippen LogP contribution is -2.53. The summed E-state index contributed by atoms with van der Waals surface area (Å²) < 4.78 is 10.8. The van der Waals surface area contributed by atoms with Crippen molar-refractivity contribution in [3.05, 3.63) is 59.7 Å². The molecule has 0 unspecified atom stereocenters. The Morgan fingerprint density at radius 3 is 2.21 bits per heavy atom. The van der Waals surface area contributed by atoms with Crippen molar-refractivity contribution in [1.29, 1.82) is 0 Å². The van der Waals surface area contributed by atoms with Crippen LogP contribution in [-0.4, -0.2) is 55.5 Å². The van der Waals surface area contributed by atoms with Crippen LogP contribution in [0.1, 0.15) is 30.4 Å². The number of rotatable bonds is 9. The van der Waals surface area contributed by atoms with Crippen molar-refractivity contribution in [1.82, 2.24) is 10.6 Å². The smallest absolute Gasteiger partial charge is 0.407 e. The van der Waals surface area contributed by atoms with Gasteiger partial charge in [0.15, 0.2) is 0 Å². The standard InChI is InChI=1S/C25H28N2O6/c1-14(32-2)22(23(28)26-12-15-11-20(15)24(29)30)27-25(31)33-13-21-18-9-5-3-7-16(18)17-8-4-6-10-19(17)21/h3-10,14-15,20-22H,11-13H2,1-2H3,(H,26,28)(H,27,31)(H,29,30)/t14-,15+,20+,22+/m1/s1. The Hall–Kier alpha value is -3.39. The molecule has 0 aromatic heterocycles. The maximum Gasteiger partial charge on any atom is 0.407 e. The molecule has 4 rings (SSSR count). The number of carboxylic acid groups (broad SMARTS) is 1. The second-order valence-corrected chi connectivity index (χ2v) is 8.57. The maximum atomic E-state index is 12.7. The third-order valence-electron chi connectivity index (χ3n) is 6.52. The molecule has 2 aliphatic carbocycles. The summed E-state index contributed by atoms with van der Waals surface area (Å²) in [5.74, 6) is -1.88. The number of carbonyl (C=O) groups is 3. The van der Waals surface area contributed by atoms with Crippen LogP contribution in [0.5, 0.6) is 0 Å². The monoisotopic (exact) mass is 452 g/mol. The first-order valence-electron chi connectivity index (χ1n) is 11.1. The summed E-state index contributed by atoms with van der Waals surface area (Å²) in [6.07, 6.45) is -0.768. The number of carboxylic acids is 1. The van der Waals surface area contributed by atoms with Crippen molar-refractivity contribution in [2.75, 3.05) is 20.3 Å². The lowest BCUT2D eigenvalue weighted by molar-refractivity contribution is -0.139. The van der Waals surface area contributed by atoms with E-state index in [9.17, 15) is 14.4 Å². The highest BCUT2D eigenvalue weighted by atomic mass is 16.5. The number of hydrogen-bond donors (Lipinski definition) is 3. The van der Waals surface area contributed by atoms with Gasteiger partial charge in [0, 0.05) is 19.6 Å². The molecular weight excluding hydrogens is 424 g/mol. The maximum absolute atomic E-state index is 12.7. The van der Waals surface area contributed by atoms with E-state index in [0.717, 1.165) is 22.3 Å². The molecule has 0 saturated heterocycles. The highest BCUT2D eigenvalue weighted by Crippen LogP contribution is 2.44. The van der Waals surface area contributed by atoms with E-state index < -0.39 is 36.0 Å². The van der Waals surface area contributed by atoms with Crippen molar-refractivity contribution >= 4 is 18.0 Å². The number of methoxy groups -OCH3 is 1. The van der Waals surface area contributed by atoms with Crippen molar-refractivity contribution in [3.8, 4) is 11.1 Å². The Morgan fingerprint density at radius 2 is 1.67 bits per heavy atom. The first-order chi connectivity index (χ1) is 15.9. The molecule has 4 atom stereocenters. The minimum absolute atomic E-state index is 0.0839. The molecule has 1 fully saturated rings. The minimum Gasteiger partial charge on any atom is -0.481 e. The zero-order valence-electron chi connectivity index (χ0n) is 18.6. The van der Waals surface area contributed by atoms with Crippen molar-refractivity contribution in [2.45, 2.75) is 31.4 Å². The van der Waals surface area contributed by atoms with E-state index in [2.05, 4.69) is 22.8 Å². The number of hydrogen-bond acceptors (Lipinski definition) is 5. The van der Waals surface area contributed by atoms with E-state index >= 15 is 0 Å². The predicted octanol–water partition coefficient (Wildman–Crippen LogP) is 2.77. The summed E-state index contributed by atoms with van der Waals surface area (Å²) in [4.78, 5) is 36.3. The molecule has 2 aromatic carbocycles. The zero-order chi connectivity index (χ0) is 23.5. The van der Waals surface area contributed by atoms with Crippen LogP contribution in [0.25, 0.3) is 11.1 Å². The van der Waals surface area contributed by atoms with E-state index in [0.29, 0.717) is 6.42 Å². The van der Waals surface area contributed by atoms with Gasteiger partial charge in [-0.05, 0) is 41.5 Å². The molecule has 1 saturated carbocycles. The second kappa shape index (κ2) is 9.62. The molecule has 8 nitrogen and oxygen atoms in total. The van der Waals surface area contributed by atoms with Crippen LogP contribution in [0.3, 0.4) is 0 Å². The predicted molar refractivity (Wildman–Crippen MR) is 121 cm³/mol. The van der Waals surface area contributed by atoms with Gasteiger partial charge in [0.2, 0.25) is 5.91 Å². The molecule has 174 valence electrons. The zero-order valence-corrected chi connectivity index (χ0v) is 18.6. The molecule has 33 heavy (non-hydrogen) atoms. The fraction of sp³-hybridized carbons (Fsp3) is 0.400. The summed E-state index contributed by atoms with van der Waals surface area (Å²) in [7, 11) is 1.45. The molecule has 0 radical (unpaired) electrons. The highest BCUT2D eigenvalue weighted by molar-refractivity contribution is 5.86. The van der Waals surface area contributed by atoms with Crippen LogP contribution in [0.15, 0.2) is 48.5 Å². The summed E-state index contributed by atoms with van der Waals surface area (Å²) in [5.41, 5.74) is 4.46. The number of aliphatic carboxylic acids is 1. The van der Waals surface area contributed by atoms with Crippen LogP contribution in [0, 0.1) is 11.8 Å². The van der Waals surface area contributed by atoms with E-state index in [-0.39, 0.29) is 25.0 Å². The van der Waals surface area contributed by atoms with E-state index in [1.807, 2.05) is 36.4 Å². The molecule has 0 aliphatic heterocycles. The van der Waals surface area contributed by atoms with Crippen LogP contribution < -0.4 is 10.6 Å². The average molecular weight is 453 g/mol. The quantitative estimate of drug-likeness (QED) is 0.539. The highest BCUT2D eigenvalue weighted by Gasteiger charge is 2.43. The summed E-state index contributed by atoms with van der Waals surface area (Å²) in [5, 5.41) is 14.3. The number of benzene rings is 2. The Balaban J connectivity index is 1.36. The Labute approximate surface area is 192 Å². The summed E-state index contributed by atoms with van der Waals surface area (Å²) in [6, 6.07) is 15.1. The van der Waals surface area contributed by atoms with E-state index in [4.69, 9.17) is 14.6 Å². The van der Waals surface area contributed by atoms with Gasteiger partial charge in [0.1, 0.15) is 12.6 Å². The topological polar surface area (TPSA) is 114 Å². The van der Waals surface area contributed by atoms with Gasteiger partial charge in [0.05, 0.1) is 12.0 Å². The fourth-order valence-corrected chi connectivity index (χ4v) is 4.42. The normalized spacial score (nSPS) is 20.2. The second-order valence-electron chi connectivity index (χ2n) is 8.57. The Kier molecular flexibility index (Phi) is 6.65. The van der Waals surface area contributed by atoms with Gasteiger partial charge in [0.25, 0.3) is 0 Å². The molecule has 0 heterocycles. The molecule has 2 amide bonds. The Morgan fingerprint density at radius 1 is 1.06 bits per heavy atom. The van der Waals surface area contributed by atoms with Gasteiger partial charge in [-0.3, -0.25) is 9.59 Å². The largest absolute Gasteiger partial charge is 0.481 e. The van der Waals surface area contributed by atoms with Gasteiger partial charge in [-0.25, -0.2) is 4.79 Å². The van der Waals surface area contributed by atoms with Crippen LogP contribution in [-0.2, 0) is 19.1 Å². The summed E-state index contributed by atoms with van der Waals surface area (Å²) in [6.45, 7) is 2.05. The molecule has 2 aliphatic rings. The first kappa shape index (κ1) is 22.8. The van der Waals surface area contributed by atoms with Crippen LogP contribution >= 0.6 is 0 Å². The molecular formula is C25H28N2O6. The van der Waals surface area contributed by atoms with Crippen LogP contribution in [0.2, 0.25) is 0 Å². The van der Waals surface area contributed by atoms with Gasteiger partial charge >= 0.3 is 12.1 Å². The van der Waals surface area contributed by atoms with Crippen molar-refractivity contribution in [3.63, 3.8) is 0 Å². The van der Waals surface area contributed by atoms with Gasteiger partial charge in [-0.15, -0.1) is 0 Å². The third-order valence-corrected chi connectivity index (χ3v) is 6.52. The molecule has 8 heteroatoms. The fourth-order valence-electron chi connectivity index (χ4n) is 4.42. The molecule has 0 bridgehead atoms. The van der Waals surface area contributed by atoms with Gasteiger partial charge in [-0.1, -0.05) is 48.5 Å². The van der Waals surface area contributed by atoms with E-state index in [1.165, 1.54) is 7.11 Å². The number of nitrogens with one attached hydrogen (secondary N) is 2. The SMILES string of the molecule is CO[C@H](C)[C@H](NC(=O)OCC1c2ccccc2-c2ccccc21)C(=O)NC[C@@H]1C[C@@H]1C(=O)O. The lowest BCUT2D eigenvalue weighted by atomic mass is 9.98. The van der Waals surface area contributed by atoms with Gasteiger partial charge < -0.3 is 25.2 Å². The minimum atomic E-state index is -0.965. The molecule has 2 aromatic rings. The number of fused-ring (bicyclic) bond motifs is 3. The number of amides is 2. The van der Waals surface area contributed by atoms with Crippen molar-refractivity contribution in [2.24, 2.45) is 11.8 Å².